The Morgan fingerprint density at radius 1 is 1.17 bits per heavy atom. The van der Waals surface area contributed by atoms with Crippen LogP contribution in [0.4, 0.5) is 5.69 Å². The van der Waals surface area contributed by atoms with Gasteiger partial charge in [-0.1, -0.05) is 15.9 Å². The molecule has 2 aromatic rings. The molecule has 3 amide bonds. The standard InChI is InChI=1S/C20H23BrN4O4/c1-14-11-15(21)4-5-16(14)23-18(26)12-22-19(27)13-24-6-8-25(9-7-24)20(28)17-3-2-10-29-17/h2-5,10-11H,6-9,12-13H2,1H3,(H,22,27)(H,23,26)/p+1. The van der Waals surface area contributed by atoms with Crippen molar-refractivity contribution in [1.82, 2.24) is 10.2 Å². The number of carbonyl (C=O) groups is 3. The van der Waals surface area contributed by atoms with Crippen LogP contribution in [0.5, 0.6) is 0 Å². The van der Waals surface area contributed by atoms with Gasteiger partial charge in [-0.25, -0.2) is 0 Å². The van der Waals surface area contributed by atoms with Gasteiger partial charge in [0, 0.05) is 10.2 Å². The van der Waals surface area contributed by atoms with Gasteiger partial charge < -0.3 is 24.9 Å². The first kappa shape index (κ1) is 21.1. The quantitative estimate of drug-likeness (QED) is 0.579. The third kappa shape index (κ3) is 5.91. The monoisotopic (exact) mass is 463 g/mol. The molecule has 0 radical (unpaired) electrons. The van der Waals surface area contributed by atoms with E-state index in [0.717, 1.165) is 20.6 Å². The first-order chi connectivity index (χ1) is 13.9. The lowest BCUT2D eigenvalue weighted by Crippen LogP contribution is -3.15. The molecule has 1 aromatic carbocycles. The third-order valence-electron chi connectivity index (χ3n) is 4.81. The van der Waals surface area contributed by atoms with Crippen LogP contribution in [0.15, 0.2) is 45.5 Å². The Kier molecular flexibility index (Phi) is 7.05. The number of hydrogen-bond donors (Lipinski definition) is 3. The average molecular weight is 464 g/mol. The minimum atomic E-state index is -0.271. The Morgan fingerprint density at radius 2 is 1.93 bits per heavy atom. The maximum absolute atomic E-state index is 12.3. The molecule has 3 rings (SSSR count). The number of furan rings is 1. The maximum Gasteiger partial charge on any atom is 0.289 e. The van der Waals surface area contributed by atoms with Crippen LogP contribution in [0.25, 0.3) is 0 Å². The zero-order valence-electron chi connectivity index (χ0n) is 16.2. The number of nitrogens with zero attached hydrogens (tertiary/aromatic N) is 1. The fourth-order valence-electron chi connectivity index (χ4n) is 3.19. The van der Waals surface area contributed by atoms with Gasteiger partial charge in [-0.3, -0.25) is 14.4 Å². The Hall–Kier alpha value is -2.65. The molecule has 9 heteroatoms. The molecule has 1 saturated heterocycles. The zero-order chi connectivity index (χ0) is 20.8. The summed E-state index contributed by atoms with van der Waals surface area (Å²) < 4.78 is 6.09. The minimum absolute atomic E-state index is 0.0786. The van der Waals surface area contributed by atoms with Crippen molar-refractivity contribution in [3.05, 3.63) is 52.4 Å². The largest absolute Gasteiger partial charge is 0.459 e. The number of quaternary nitrogens is 1. The number of amides is 3. The second-order valence-corrected chi connectivity index (χ2v) is 7.90. The Balaban J connectivity index is 1.38. The SMILES string of the molecule is Cc1cc(Br)ccc1NC(=O)CNC(=O)C[NH+]1CCN(C(=O)c2ccco2)CC1. The molecular weight excluding hydrogens is 440 g/mol. The molecule has 1 aliphatic rings. The van der Waals surface area contributed by atoms with Gasteiger partial charge in [0.2, 0.25) is 5.91 Å². The maximum atomic E-state index is 12.3. The summed E-state index contributed by atoms with van der Waals surface area (Å²) in [5.74, 6) is -0.252. The van der Waals surface area contributed by atoms with E-state index in [4.69, 9.17) is 4.42 Å². The predicted octanol–water partition coefficient (Wildman–Crippen LogP) is 0.446. The Bertz CT molecular complexity index is 877. The molecule has 0 unspecified atom stereocenters. The second kappa shape index (κ2) is 9.71. The highest BCUT2D eigenvalue weighted by molar-refractivity contribution is 9.10. The molecule has 2 heterocycles. The third-order valence-corrected chi connectivity index (χ3v) is 5.30. The highest BCUT2D eigenvalue weighted by Crippen LogP contribution is 2.19. The molecule has 0 bridgehead atoms. The fraction of sp³-hybridized carbons (Fsp3) is 0.350. The number of benzene rings is 1. The molecule has 0 aliphatic carbocycles. The van der Waals surface area contributed by atoms with E-state index in [1.54, 1.807) is 17.0 Å². The summed E-state index contributed by atoms with van der Waals surface area (Å²) >= 11 is 3.38. The van der Waals surface area contributed by atoms with Crippen LogP contribution in [-0.2, 0) is 9.59 Å². The molecule has 154 valence electrons. The van der Waals surface area contributed by atoms with Crippen LogP contribution < -0.4 is 15.5 Å². The fourth-order valence-corrected chi connectivity index (χ4v) is 3.66. The van der Waals surface area contributed by atoms with E-state index in [2.05, 4.69) is 26.6 Å². The van der Waals surface area contributed by atoms with Gasteiger partial charge in [-0.05, 0) is 42.8 Å². The molecule has 1 aliphatic heterocycles. The summed E-state index contributed by atoms with van der Waals surface area (Å²) in [6, 6.07) is 8.91. The van der Waals surface area contributed by atoms with Crippen molar-refractivity contribution in [2.24, 2.45) is 0 Å². The summed E-state index contributed by atoms with van der Waals surface area (Å²) in [5, 5.41) is 5.45. The van der Waals surface area contributed by atoms with Gasteiger partial charge >= 0.3 is 0 Å². The second-order valence-electron chi connectivity index (χ2n) is 6.98. The molecule has 0 atom stereocenters. The van der Waals surface area contributed by atoms with Crippen molar-refractivity contribution in [3.63, 3.8) is 0 Å². The number of anilines is 1. The van der Waals surface area contributed by atoms with Gasteiger partial charge in [0.1, 0.15) is 0 Å². The topological polar surface area (TPSA) is 96.1 Å². The number of nitrogens with one attached hydrogen (secondary N) is 3. The molecule has 3 N–H and O–H groups in total. The number of hydrogen-bond acceptors (Lipinski definition) is 4. The first-order valence-electron chi connectivity index (χ1n) is 9.41. The van der Waals surface area contributed by atoms with E-state index < -0.39 is 0 Å². The van der Waals surface area contributed by atoms with E-state index in [1.165, 1.54) is 6.26 Å². The van der Waals surface area contributed by atoms with Crippen LogP contribution in [0.3, 0.4) is 0 Å². The molecule has 0 spiro atoms. The van der Waals surface area contributed by atoms with Crippen molar-refractivity contribution in [3.8, 4) is 0 Å². The van der Waals surface area contributed by atoms with Crippen LogP contribution in [-0.4, -0.2) is 61.9 Å². The molecule has 1 fully saturated rings. The summed E-state index contributed by atoms with van der Waals surface area (Å²) in [4.78, 5) is 39.3. The van der Waals surface area contributed by atoms with Crippen molar-refractivity contribution in [2.45, 2.75) is 6.92 Å². The highest BCUT2D eigenvalue weighted by atomic mass is 79.9. The molecular formula is C20H24BrN4O4+. The number of rotatable bonds is 6. The lowest BCUT2D eigenvalue weighted by atomic mass is 10.2. The average Bonchev–Trinajstić information content (AvgIpc) is 3.23. The van der Waals surface area contributed by atoms with E-state index in [9.17, 15) is 14.4 Å². The van der Waals surface area contributed by atoms with Gasteiger partial charge in [-0.15, -0.1) is 0 Å². The summed E-state index contributed by atoms with van der Waals surface area (Å²) in [5.41, 5.74) is 1.65. The molecule has 1 aromatic heterocycles. The van der Waals surface area contributed by atoms with E-state index in [1.807, 2.05) is 25.1 Å². The van der Waals surface area contributed by atoms with Crippen LogP contribution in [0, 0.1) is 6.92 Å². The van der Waals surface area contributed by atoms with Crippen LogP contribution in [0.2, 0.25) is 0 Å². The van der Waals surface area contributed by atoms with E-state index in [0.29, 0.717) is 31.9 Å². The van der Waals surface area contributed by atoms with Crippen molar-refractivity contribution in [2.75, 3.05) is 44.6 Å². The molecule has 8 nitrogen and oxygen atoms in total. The zero-order valence-corrected chi connectivity index (χ0v) is 17.8. The smallest absolute Gasteiger partial charge is 0.289 e. The van der Waals surface area contributed by atoms with E-state index >= 15 is 0 Å². The number of halogens is 1. The summed E-state index contributed by atoms with van der Waals surface area (Å²) in [7, 11) is 0. The van der Waals surface area contributed by atoms with Gasteiger partial charge in [-0.2, -0.15) is 0 Å². The minimum Gasteiger partial charge on any atom is -0.459 e. The van der Waals surface area contributed by atoms with Gasteiger partial charge in [0.05, 0.1) is 39.0 Å². The van der Waals surface area contributed by atoms with Crippen molar-refractivity contribution in [1.29, 1.82) is 0 Å². The number of carbonyl (C=O) groups excluding carboxylic acids is 3. The van der Waals surface area contributed by atoms with E-state index in [-0.39, 0.29) is 30.8 Å². The van der Waals surface area contributed by atoms with Crippen molar-refractivity contribution >= 4 is 39.3 Å². The molecule has 29 heavy (non-hydrogen) atoms. The van der Waals surface area contributed by atoms with Gasteiger partial charge in [0.25, 0.3) is 11.8 Å². The van der Waals surface area contributed by atoms with Crippen molar-refractivity contribution < 1.29 is 23.7 Å². The number of aryl methyl sites for hydroxylation is 1. The highest BCUT2D eigenvalue weighted by Gasteiger charge is 2.27. The predicted molar refractivity (Wildman–Crippen MR) is 111 cm³/mol. The first-order valence-corrected chi connectivity index (χ1v) is 10.2. The Labute approximate surface area is 177 Å². The van der Waals surface area contributed by atoms with Crippen LogP contribution >= 0.6 is 15.9 Å². The Morgan fingerprint density at radius 3 is 2.59 bits per heavy atom. The molecule has 0 saturated carbocycles. The summed E-state index contributed by atoms with van der Waals surface area (Å²) in [6.45, 7) is 4.56. The lowest BCUT2D eigenvalue weighted by Gasteiger charge is -2.31. The normalized spacial score (nSPS) is 14.5. The number of piperazine rings is 1. The van der Waals surface area contributed by atoms with Gasteiger partial charge in [0.15, 0.2) is 12.3 Å². The van der Waals surface area contributed by atoms with Crippen LogP contribution in [0.1, 0.15) is 16.1 Å². The summed E-state index contributed by atoms with van der Waals surface area (Å²) in [6.07, 6.45) is 1.48. The lowest BCUT2D eigenvalue weighted by molar-refractivity contribution is -0.896.